The number of hydrogen-bond acceptors (Lipinski definition) is 3. The summed E-state index contributed by atoms with van der Waals surface area (Å²) in [6.07, 6.45) is 9.29. The molecular weight excluding hydrogens is 459 g/mol. The molecular formula is C17H25Br2ClN2O2. The van der Waals surface area contributed by atoms with Crippen molar-refractivity contribution in [3.63, 3.8) is 0 Å². The number of ether oxygens (including phenoxy) is 1. The number of hydrogen-bond donors (Lipinski definition) is 2. The summed E-state index contributed by atoms with van der Waals surface area (Å²) >= 11 is 7.00. The van der Waals surface area contributed by atoms with Gasteiger partial charge in [-0.25, -0.2) is 0 Å². The third-order valence-electron chi connectivity index (χ3n) is 4.12. The molecule has 7 heteroatoms. The second-order valence-corrected chi connectivity index (χ2v) is 7.78. The molecule has 1 aliphatic rings. The zero-order valence-corrected chi connectivity index (χ0v) is 17.6. The minimum absolute atomic E-state index is 0. The highest BCUT2D eigenvalue weighted by molar-refractivity contribution is 9.11. The second-order valence-electron chi connectivity index (χ2n) is 6.07. The van der Waals surface area contributed by atoms with Gasteiger partial charge in [0, 0.05) is 12.6 Å². The maximum absolute atomic E-state index is 10.8. The molecule has 0 aromatic heterocycles. The number of nitrogens with one attached hydrogen (secondary N) is 1. The Bertz CT molecular complexity index is 512. The lowest BCUT2D eigenvalue weighted by atomic mass is 9.96. The van der Waals surface area contributed by atoms with E-state index in [2.05, 4.69) is 37.2 Å². The Kier molecular flexibility index (Phi) is 10.3. The third kappa shape index (κ3) is 7.30. The fourth-order valence-corrected chi connectivity index (χ4v) is 4.43. The fourth-order valence-electron chi connectivity index (χ4n) is 2.92. The predicted molar refractivity (Wildman–Crippen MR) is 107 cm³/mol. The Hall–Kier alpha value is -0.300. The van der Waals surface area contributed by atoms with E-state index >= 15 is 0 Å². The van der Waals surface area contributed by atoms with E-state index in [1.807, 2.05) is 12.1 Å². The molecule has 1 aromatic carbocycles. The van der Waals surface area contributed by atoms with Crippen molar-refractivity contribution in [3.05, 3.63) is 26.6 Å². The van der Waals surface area contributed by atoms with Gasteiger partial charge in [0.05, 0.1) is 8.95 Å². The zero-order valence-electron chi connectivity index (χ0n) is 13.7. The van der Waals surface area contributed by atoms with Gasteiger partial charge < -0.3 is 15.8 Å². The van der Waals surface area contributed by atoms with Gasteiger partial charge in [-0.05, 0) is 62.4 Å². The average molecular weight is 485 g/mol. The molecule has 0 aliphatic heterocycles. The lowest BCUT2D eigenvalue weighted by Crippen LogP contribution is -2.29. The van der Waals surface area contributed by atoms with Gasteiger partial charge in [-0.2, -0.15) is 0 Å². The topological polar surface area (TPSA) is 64.4 Å². The van der Waals surface area contributed by atoms with Crippen LogP contribution in [0.15, 0.2) is 21.1 Å². The Morgan fingerprint density at radius 2 is 1.67 bits per heavy atom. The number of nitrogens with two attached hydrogens (primary N) is 1. The summed E-state index contributed by atoms with van der Waals surface area (Å²) in [7, 11) is 0. The van der Waals surface area contributed by atoms with E-state index in [1.54, 1.807) is 0 Å². The van der Waals surface area contributed by atoms with Gasteiger partial charge in [0.25, 0.3) is 5.91 Å². The SMILES string of the molecule is Cl.NC(=O)COc1c(Br)cc(CNC2CCCCCCC2)cc1Br. The quantitative estimate of drug-likeness (QED) is 0.615. The first-order chi connectivity index (χ1) is 11.1. The van der Waals surface area contributed by atoms with E-state index < -0.39 is 5.91 Å². The van der Waals surface area contributed by atoms with Crippen LogP contribution in [0.5, 0.6) is 5.75 Å². The molecule has 136 valence electrons. The van der Waals surface area contributed by atoms with Gasteiger partial charge in [-0.3, -0.25) is 4.79 Å². The first-order valence-corrected chi connectivity index (χ1v) is 9.77. The summed E-state index contributed by atoms with van der Waals surface area (Å²) < 4.78 is 7.06. The standard InChI is InChI=1S/C17H24Br2N2O2.ClH/c18-14-8-12(9-15(19)17(14)23-11-16(20)22)10-21-13-6-4-2-1-3-5-7-13;/h8-9,13,21H,1-7,10-11H2,(H2,20,22);1H. The van der Waals surface area contributed by atoms with Crippen LogP contribution < -0.4 is 15.8 Å². The number of carbonyl (C=O) groups excluding carboxylic acids is 1. The summed E-state index contributed by atoms with van der Waals surface area (Å²) in [5, 5.41) is 3.67. The van der Waals surface area contributed by atoms with E-state index in [0.29, 0.717) is 11.8 Å². The van der Waals surface area contributed by atoms with Crippen LogP contribution >= 0.6 is 44.3 Å². The molecule has 4 nitrogen and oxygen atoms in total. The molecule has 0 heterocycles. The lowest BCUT2D eigenvalue weighted by molar-refractivity contribution is -0.119. The van der Waals surface area contributed by atoms with Crippen molar-refractivity contribution in [2.75, 3.05) is 6.61 Å². The molecule has 3 N–H and O–H groups in total. The highest BCUT2D eigenvalue weighted by atomic mass is 79.9. The minimum atomic E-state index is -0.487. The molecule has 0 spiro atoms. The van der Waals surface area contributed by atoms with Crippen LogP contribution in [-0.2, 0) is 11.3 Å². The van der Waals surface area contributed by atoms with Crippen molar-refractivity contribution in [1.82, 2.24) is 5.32 Å². The van der Waals surface area contributed by atoms with E-state index in [4.69, 9.17) is 10.5 Å². The fraction of sp³-hybridized carbons (Fsp3) is 0.588. The molecule has 0 atom stereocenters. The van der Waals surface area contributed by atoms with Gasteiger partial charge in [0.2, 0.25) is 0 Å². The highest BCUT2D eigenvalue weighted by Gasteiger charge is 2.13. The number of amides is 1. The Morgan fingerprint density at radius 1 is 1.12 bits per heavy atom. The molecule has 1 amide bonds. The predicted octanol–water partition coefficient (Wildman–Crippen LogP) is 4.70. The first kappa shape index (κ1) is 21.7. The van der Waals surface area contributed by atoms with Crippen LogP contribution in [-0.4, -0.2) is 18.6 Å². The lowest BCUT2D eigenvalue weighted by Gasteiger charge is -2.21. The Balaban J connectivity index is 0.00000288. The second kappa shape index (κ2) is 11.3. The smallest absolute Gasteiger partial charge is 0.255 e. The van der Waals surface area contributed by atoms with Crippen LogP contribution in [0.25, 0.3) is 0 Å². The normalized spacial score (nSPS) is 15.9. The summed E-state index contributed by atoms with van der Waals surface area (Å²) in [6.45, 7) is 0.703. The first-order valence-electron chi connectivity index (χ1n) is 8.18. The average Bonchev–Trinajstić information content (AvgIpc) is 2.45. The summed E-state index contributed by atoms with van der Waals surface area (Å²) in [5.41, 5.74) is 6.30. The van der Waals surface area contributed by atoms with Gasteiger partial charge >= 0.3 is 0 Å². The minimum Gasteiger partial charge on any atom is -0.481 e. The molecule has 1 saturated carbocycles. The molecule has 24 heavy (non-hydrogen) atoms. The summed E-state index contributed by atoms with van der Waals surface area (Å²) in [6, 6.07) is 4.66. The maximum Gasteiger partial charge on any atom is 0.255 e. The summed E-state index contributed by atoms with van der Waals surface area (Å²) in [4.78, 5) is 10.8. The van der Waals surface area contributed by atoms with Crippen LogP contribution in [0.4, 0.5) is 0 Å². The van der Waals surface area contributed by atoms with Gasteiger partial charge in [0.15, 0.2) is 6.61 Å². The molecule has 0 unspecified atom stereocenters. The molecule has 0 saturated heterocycles. The van der Waals surface area contributed by atoms with E-state index in [9.17, 15) is 4.79 Å². The molecule has 2 rings (SSSR count). The number of carbonyl (C=O) groups is 1. The van der Waals surface area contributed by atoms with Crippen molar-refractivity contribution >= 4 is 50.2 Å². The van der Waals surface area contributed by atoms with Crippen LogP contribution in [0.1, 0.15) is 50.5 Å². The van der Waals surface area contributed by atoms with Crippen molar-refractivity contribution in [2.24, 2.45) is 5.73 Å². The van der Waals surface area contributed by atoms with Gasteiger partial charge in [-0.1, -0.05) is 32.1 Å². The van der Waals surface area contributed by atoms with Crippen LogP contribution in [0.2, 0.25) is 0 Å². The summed E-state index contributed by atoms with van der Waals surface area (Å²) in [5.74, 6) is 0.123. The largest absolute Gasteiger partial charge is 0.481 e. The molecule has 1 aliphatic carbocycles. The van der Waals surface area contributed by atoms with Crippen molar-refractivity contribution in [3.8, 4) is 5.75 Å². The van der Waals surface area contributed by atoms with E-state index in [0.717, 1.165) is 15.5 Å². The number of halogens is 3. The van der Waals surface area contributed by atoms with Crippen molar-refractivity contribution in [1.29, 1.82) is 0 Å². The van der Waals surface area contributed by atoms with E-state index in [1.165, 1.54) is 50.5 Å². The molecule has 0 radical (unpaired) electrons. The molecule has 1 aromatic rings. The van der Waals surface area contributed by atoms with Crippen molar-refractivity contribution in [2.45, 2.75) is 57.5 Å². The van der Waals surface area contributed by atoms with Crippen LogP contribution in [0.3, 0.4) is 0 Å². The third-order valence-corrected chi connectivity index (χ3v) is 5.29. The van der Waals surface area contributed by atoms with Gasteiger partial charge in [-0.15, -0.1) is 12.4 Å². The van der Waals surface area contributed by atoms with E-state index in [-0.39, 0.29) is 19.0 Å². The number of rotatable bonds is 6. The molecule has 1 fully saturated rings. The number of benzene rings is 1. The maximum atomic E-state index is 10.8. The Morgan fingerprint density at radius 3 is 2.21 bits per heavy atom. The Labute approximate surface area is 166 Å². The highest BCUT2D eigenvalue weighted by Crippen LogP contribution is 2.34. The van der Waals surface area contributed by atoms with Crippen LogP contribution in [0, 0.1) is 0 Å². The van der Waals surface area contributed by atoms with Crippen molar-refractivity contribution < 1.29 is 9.53 Å². The van der Waals surface area contributed by atoms with Gasteiger partial charge in [0.1, 0.15) is 5.75 Å². The molecule has 0 bridgehead atoms. The monoisotopic (exact) mass is 482 g/mol. The zero-order chi connectivity index (χ0) is 16.7. The number of primary amides is 1.